The first-order chi connectivity index (χ1) is 12.6. The molecule has 4 rings (SSSR count). The monoisotopic (exact) mass is 399 g/mol. The molecule has 7 heteroatoms. The van der Waals surface area contributed by atoms with Gasteiger partial charge in [-0.3, -0.25) is 4.79 Å². The van der Waals surface area contributed by atoms with Crippen molar-refractivity contribution in [1.82, 2.24) is 9.97 Å². The molecule has 0 aliphatic carbocycles. The summed E-state index contributed by atoms with van der Waals surface area (Å²) in [5, 5.41) is 4.23. The number of nitrogens with zero attached hydrogens (tertiary/aromatic N) is 2. The number of fused-ring (bicyclic) bond motifs is 1. The first-order valence-corrected chi connectivity index (χ1v) is 9.26. The van der Waals surface area contributed by atoms with Crippen molar-refractivity contribution in [1.29, 1.82) is 0 Å². The average molecular weight is 400 g/mol. The number of para-hydroxylation sites is 1. The van der Waals surface area contributed by atoms with E-state index in [1.54, 1.807) is 29.5 Å². The van der Waals surface area contributed by atoms with Crippen molar-refractivity contribution in [3.05, 3.63) is 76.5 Å². The van der Waals surface area contributed by atoms with Crippen LogP contribution in [0, 0.1) is 0 Å². The Balaban J connectivity index is 1.68. The molecule has 128 valence electrons. The van der Waals surface area contributed by atoms with Crippen molar-refractivity contribution in [2.24, 2.45) is 0 Å². The number of aromatic nitrogens is 2. The Morgan fingerprint density at radius 1 is 1.04 bits per heavy atom. The van der Waals surface area contributed by atoms with E-state index in [4.69, 9.17) is 23.2 Å². The third-order valence-corrected chi connectivity index (χ3v) is 5.48. The standard InChI is InChI=1S/C19H11Cl2N3OS/c20-13-8-7-11(19-24-14-5-1-2-6-16(14)26-19)10-15(13)23-18(25)12-4-3-9-22-17(12)21/h1-10H,(H,23,25). The maximum absolute atomic E-state index is 12.5. The molecule has 0 bridgehead atoms. The second-order valence-electron chi connectivity index (χ2n) is 5.48. The van der Waals surface area contributed by atoms with Gasteiger partial charge in [0, 0.05) is 11.8 Å². The fraction of sp³-hybridized carbons (Fsp3) is 0. The number of carbonyl (C=O) groups is 1. The molecule has 2 heterocycles. The molecule has 2 aromatic carbocycles. The summed E-state index contributed by atoms with van der Waals surface area (Å²) in [5.74, 6) is -0.369. The van der Waals surface area contributed by atoms with E-state index in [0.717, 1.165) is 20.8 Å². The Kier molecular flexibility index (Phi) is 4.59. The number of carbonyl (C=O) groups excluding carboxylic acids is 1. The van der Waals surface area contributed by atoms with Crippen LogP contribution in [0.2, 0.25) is 10.2 Å². The zero-order valence-electron chi connectivity index (χ0n) is 13.2. The van der Waals surface area contributed by atoms with Crippen molar-refractivity contribution < 1.29 is 4.79 Å². The van der Waals surface area contributed by atoms with E-state index in [2.05, 4.69) is 15.3 Å². The summed E-state index contributed by atoms with van der Waals surface area (Å²) in [6.07, 6.45) is 1.53. The number of pyridine rings is 1. The van der Waals surface area contributed by atoms with Gasteiger partial charge in [0.25, 0.3) is 5.91 Å². The fourth-order valence-electron chi connectivity index (χ4n) is 2.49. The highest BCUT2D eigenvalue weighted by Gasteiger charge is 2.14. The molecule has 0 saturated heterocycles. The van der Waals surface area contributed by atoms with Crippen LogP contribution in [-0.2, 0) is 0 Å². The molecular weight excluding hydrogens is 389 g/mol. The number of amides is 1. The molecule has 0 saturated carbocycles. The van der Waals surface area contributed by atoms with Crippen LogP contribution in [0.4, 0.5) is 5.69 Å². The minimum Gasteiger partial charge on any atom is -0.321 e. The summed E-state index contributed by atoms with van der Waals surface area (Å²) in [6, 6.07) is 16.6. The van der Waals surface area contributed by atoms with Crippen molar-refractivity contribution in [2.45, 2.75) is 0 Å². The SMILES string of the molecule is O=C(Nc1cc(-c2nc3ccccc3s2)ccc1Cl)c1cccnc1Cl. The minimum atomic E-state index is -0.369. The average Bonchev–Trinajstić information content (AvgIpc) is 3.08. The summed E-state index contributed by atoms with van der Waals surface area (Å²) < 4.78 is 1.10. The van der Waals surface area contributed by atoms with E-state index >= 15 is 0 Å². The number of rotatable bonds is 3. The van der Waals surface area contributed by atoms with Crippen LogP contribution in [0.15, 0.2) is 60.8 Å². The van der Waals surface area contributed by atoms with Crippen molar-refractivity contribution in [3.63, 3.8) is 0 Å². The number of anilines is 1. The van der Waals surface area contributed by atoms with Crippen LogP contribution in [-0.4, -0.2) is 15.9 Å². The molecule has 4 nitrogen and oxygen atoms in total. The van der Waals surface area contributed by atoms with E-state index in [1.165, 1.54) is 6.20 Å². The van der Waals surface area contributed by atoms with Gasteiger partial charge in [-0.05, 0) is 36.4 Å². The summed E-state index contributed by atoms with van der Waals surface area (Å²) in [6.45, 7) is 0. The molecule has 0 unspecified atom stereocenters. The molecule has 0 spiro atoms. The van der Waals surface area contributed by atoms with Gasteiger partial charge in [-0.25, -0.2) is 9.97 Å². The van der Waals surface area contributed by atoms with Crippen LogP contribution >= 0.6 is 34.5 Å². The lowest BCUT2D eigenvalue weighted by Gasteiger charge is -2.09. The zero-order chi connectivity index (χ0) is 18.1. The summed E-state index contributed by atoms with van der Waals surface area (Å²) >= 11 is 13.8. The summed E-state index contributed by atoms with van der Waals surface area (Å²) in [5.41, 5.74) is 2.60. The predicted octanol–water partition coefficient (Wildman–Crippen LogP) is 5.92. The minimum absolute atomic E-state index is 0.142. The molecule has 1 N–H and O–H groups in total. The van der Waals surface area contributed by atoms with E-state index in [-0.39, 0.29) is 16.6 Å². The Labute approximate surface area is 163 Å². The van der Waals surface area contributed by atoms with E-state index < -0.39 is 0 Å². The van der Waals surface area contributed by atoms with Gasteiger partial charge < -0.3 is 5.32 Å². The third-order valence-electron chi connectivity index (χ3n) is 3.76. The molecule has 2 aromatic heterocycles. The smallest absolute Gasteiger partial charge is 0.258 e. The second kappa shape index (κ2) is 7.03. The predicted molar refractivity (Wildman–Crippen MR) is 107 cm³/mol. The van der Waals surface area contributed by atoms with E-state index in [9.17, 15) is 4.79 Å². The summed E-state index contributed by atoms with van der Waals surface area (Å²) in [4.78, 5) is 21.0. The van der Waals surface area contributed by atoms with Gasteiger partial charge >= 0.3 is 0 Å². The van der Waals surface area contributed by atoms with Gasteiger partial charge in [0.2, 0.25) is 0 Å². The number of thiazole rings is 1. The fourth-order valence-corrected chi connectivity index (χ4v) is 3.83. The Bertz CT molecular complexity index is 1090. The highest BCUT2D eigenvalue weighted by molar-refractivity contribution is 7.21. The lowest BCUT2D eigenvalue weighted by Crippen LogP contribution is -2.13. The van der Waals surface area contributed by atoms with Crippen LogP contribution in [0.25, 0.3) is 20.8 Å². The van der Waals surface area contributed by atoms with Gasteiger partial charge in [0.05, 0.1) is 26.5 Å². The lowest BCUT2D eigenvalue weighted by molar-refractivity contribution is 0.102. The van der Waals surface area contributed by atoms with Gasteiger partial charge in [0.1, 0.15) is 10.2 Å². The molecular formula is C19H11Cl2N3OS. The largest absolute Gasteiger partial charge is 0.321 e. The van der Waals surface area contributed by atoms with Gasteiger partial charge in [-0.2, -0.15) is 0 Å². The second-order valence-corrected chi connectivity index (χ2v) is 7.27. The normalized spacial score (nSPS) is 10.8. The Morgan fingerprint density at radius 3 is 2.69 bits per heavy atom. The van der Waals surface area contributed by atoms with Crippen molar-refractivity contribution in [2.75, 3.05) is 5.32 Å². The number of hydrogen-bond donors (Lipinski definition) is 1. The molecule has 0 radical (unpaired) electrons. The number of benzene rings is 2. The molecule has 4 aromatic rings. The number of hydrogen-bond acceptors (Lipinski definition) is 4. The highest BCUT2D eigenvalue weighted by Crippen LogP contribution is 2.34. The quantitative estimate of drug-likeness (QED) is 0.435. The molecule has 0 aliphatic rings. The van der Waals surface area contributed by atoms with Crippen LogP contribution in [0.3, 0.4) is 0 Å². The third kappa shape index (κ3) is 3.29. The number of halogens is 2. The van der Waals surface area contributed by atoms with Gasteiger partial charge in [0.15, 0.2) is 0 Å². The summed E-state index contributed by atoms with van der Waals surface area (Å²) in [7, 11) is 0. The van der Waals surface area contributed by atoms with E-state index in [0.29, 0.717) is 10.7 Å². The van der Waals surface area contributed by atoms with E-state index in [1.807, 2.05) is 36.4 Å². The van der Waals surface area contributed by atoms with Crippen LogP contribution in [0.5, 0.6) is 0 Å². The maximum Gasteiger partial charge on any atom is 0.258 e. The first kappa shape index (κ1) is 17.0. The maximum atomic E-state index is 12.5. The topological polar surface area (TPSA) is 54.9 Å². The number of nitrogens with one attached hydrogen (secondary N) is 1. The van der Waals surface area contributed by atoms with Crippen molar-refractivity contribution >= 4 is 56.3 Å². The van der Waals surface area contributed by atoms with Crippen LogP contribution in [0.1, 0.15) is 10.4 Å². The molecule has 0 aliphatic heterocycles. The molecule has 1 amide bonds. The van der Waals surface area contributed by atoms with Gasteiger partial charge in [-0.15, -0.1) is 11.3 Å². The Hall–Kier alpha value is -2.47. The zero-order valence-corrected chi connectivity index (χ0v) is 15.6. The Morgan fingerprint density at radius 2 is 1.88 bits per heavy atom. The highest BCUT2D eigenvalue weighted by atomic mass is 35.5. The lowest BCUT2D eigenvalue weighted by atomic mass is 10.2. The molecule has 26 heavy (non-hydrogen) atoms. The van der Waals surface area contributed by atoms with Gasteiger partial charge in [-0.1, -0.05) is 41.4 Å². The van der Waals surface area contributed by atoms with Crippen LogP contribution < -0.4 is 5.32 Å². The molecule has 0 fully saturated rings. The molecule has 0 atom stereocenters. The van der Waals surface area contributed by atoms with Crippen molar-refractivity contribution in [3.8, 4) is 10.6 Å². The first-order valence-electron chi connectivity index (χ1n) is 7.69.